The van der Waals surface area contributed by atoms with Crippen molar-refractivity contribution < 1.29 is 0 Å². The summed E-state index contributed by atoms with van der Waals surface area (Å²) in [5.41, 5.74) is 2.43. The van der Waals surface area contributed by atoms with Gasteiger partial charge in [0.05, 0.1) is 0 Å². The highest BCUT2D eigenvalue weighted by molar-refractivity contribution is 5.43. The lowest BCUT2D eigenvalue weighted by Crippen LogP contribution is -2.22. The maximum absolute atomic E-state index is 4.50. The molecular weight excluding hydrogens is 272 g/mol. The standard InChI is InChI=1S/C18H24N4/c1-2-11-19-17(6-1)10-14-22-18-15(5-3-13-21-18)8-9-16-7-4-12-20-16/h1-3,5-6,11,13,16,20H,4,7-10,12,14H2,(H,21,22). The van der Waals surface area contributed by atoms with Crippen LogP contribution in [0.2, 0.25) is 0 Å². The van der Waals surface area contributed by atoms with Crippen LogP contribution in [-0.2, 0) is 12.8 Å². The average molecular weight is 296 g/mol. The molecule has 2 aromatic rings. The SMILES string of the molecule is c1ccc(CCNc2ncccc2CCC2CCCN2)nc1. The summed E-state index contributed by atoms with van der Waals surface area (Å²) in [6.45, 7) is 2.04. The first-order chi connectivity index (χ1) is 10.9. The lowest BCUT2D eigenvalue weighted by molar-refractivity contribution is 0.559. The second-order valence-corrected chi connectivity index (χ2v) is 5.84. The van der Waals surface area contributed by atoms with Crippen molar-refractivity contribution in [1.29, 1.82) is 0 Å². The zero-order valence-electron chi connectivity index (χ0n) is 13.0. The predicted molar refractivity (Wildman–Crippen MR) is 90.0 cm³/mol. The van der Waals surface area contributed by atoms with Crippen LogP contribution in [0.25, 0.3) is 0 Å². The number of anilines is 1. The van der Waals surface area contributed by atoms with Crippen molar-refractivity contribution >= 4 is 5.82 Å². The Bertz CT molecular complexity index is 564. The van der Waals surface area contributed by atoms with Crippen LogP contribution in [0.3, 0.4) is 0 Å². The second-order valence-electron chi connectivity index (χ2n) is 5.84. The molecule has 0 spiro atoms. The fraction of sp³-hybridized carbons (Fsp3) is 0.444. The van der Waals surface area contributed by atoms with Crippen molar-refractivity contribution in [2.24, 2.45) is 0 Å². The van der Waals surface area contributed by atoms with Crippen LogP contribution in [0.4, 0.5) is 5.82 Å². The van der Waals surface area contributed by atoms with Crippen molar-refractivity contribution in [3.05, 3.63) is 54.0 Å². The van der Waals surface area contributed by atoms with E-state index in [-0.39, 0.29) is 0 Å². The van der Waals surface area contributed by atoms with Crippen LogP contribution in [0, 0.1) is 0 Å². The molecule has 1 fully saturated rings. The molecule has 1 unspecified atom stereocenters. The minimum absolute atomic E-state index is 0.682. The molecule has 0 saturated carbocycles. The molecule has 116 valence electrons. The molecule has 1 aliphatic rings. The van der Waals surface area contributed by atoms with Gasteiger partial charge in [-0.25, -0.2) is 4.98 Å². The van der Waals surface area contributed by atoms with Gasteiger partial charge in [0.2, 0.25) is 0 Å². The number of rotatable bonds is 7. The zero-order valence-corrected chi connectivity index (χ0v) is 13.0. The van der Waals surface area contributed by atoms with Gasteiger partial charge in [0.1, 0.15) is 5.82 Å². The molecule has 1 aliphatic heterocycles. The monoisotopic (exact) mass is 296 g/mol. The summed E-state index contributed by atoms with van der Waals surface area (Å²) < 4.78 is 0. The van der Waals surface area contributed by atoms with Gasteiger partial charge in [0.15, 0.2) is 0 Å². The molecule has 3 rings (SSSR count). The first kappa shape index (κ1) is 15.0. The van der Waals surface area contributed by atoms with Gasteiger partial charge in [-0.2, -0.15) is 0 Å². The highest BCUT2D eigenvalue weighted by Crippen LogP contribution is 2.17. The van der Waals surface area contributed by atoms with Crippen LogP contribution in [0.15, 0.2) is 42.7 Å². The van der Waals surface area contributed by atoms with E-state index in [0.29, 0.717) is 6.04 Å². The second kappa shape index (κ2) is 7.90. The predicted octanol–water partition coefficient (Wildman–Crippen LogP) is 2.82. The van der Waals surface area contributed by atoms with Crippen molar-refractivity contribution in [1.82, 2.24) is 15.3 Å². The van der Waals surface area contributed by atoms with Gasteiger partial charge in [0.25, 0.3) is 0 Å². The zero-order chi connectivity index (χ0) is 15.0. The molecule has 0 aliphatic carbocycles. The quantitative estimate of drug-likeness (QED) is 0.825. The Morgan fingerprint density at radius 2 is 2.05 bits per heavy atom. The maximum atomic E-state index is 4.50. The largest absolute Gasteiger partial charge is 0.369 e. The van der Waals surface area contributed by atoms with E-state index >= 15 is 0 Å². The summed E-state index contributed by atoms with van der Waals surface area (Å²) in [5, 5.41) is 7.03. The van der Waals surface area contributed by atoms with Gasteiger partial charge in [-0.3, -0.25) is 4.98 Å². The van der Waals surface area contributed by atoms with E-state index in [1.54, 1.807) is 0 Å². The number of nitrogens with zero attached hydrogens (tertiary/aromatic N) is 2. The molecule has 1 atom stereocenters. The Labute approximate surface area is 132 Å². The summed E-state index contributed by atoms with van der Waals surface area (Å²) in [7, 11) is 0. The summed E-state index contributed by atoms with van der Waals surface area (Å²) in [6.07, 6.45) is 9.52. The molecule has 2 N–H and O–H groups in total. The van der Waals surface area contributed by atoms with E-state index < -0.39 is 0 Å². The molecular formula is C18H24N4. The molecule has 22 heavy (non-hydrogen) atoms. The third-order valence-corrected chi connectivity index (χ3v) is 4.22. The molecule has 4 nitrogen and oxygen atoms in total. The van der Waals surface area contributed by atoms with Gasteiger partial charge in [-0.15, -0.1) is 0 Å². The highest BCUT2D eigenvalue weighted by atomic mass is 15.0. The Morgan fingerprint density at radius 1 is 1.09 bits per heavy atom. The summed E-state index contributed by atoms with van der Waals surface area (Å²) in [4.78, 5) is 8.86. The molecule has 0 radical (unpaired) electrons. The topological polar surface area (TPSA) is 49.8 Å². The van der Waals surface area contributed by atoms with Crippen LogP contribution < -0.4 is 10.6 Å². The van der Waals surface area contributed by atoms with Crippen molar-refractivity contribution in [3.63, 3.8) is 0 Å². The van der Waals surface area contributed by atoms with Crippen LogP contribution in [-0.4, -0.2) is 29.1 Å². The molecule has 2 aromatic heterocycles. The van der Waals surface area contributed by atoms with Gasteiger partial charge < -0.3 is 10.6 Å². The Kier molecular flexibility index (Phi) is 5.37. The molecule has 0 amide bonds. The fourth-order valence-corrected chi connectivity index (χ4v) is 2.99. The van der Waals surface area contributed by atoms with E-state index in [0.717, 1.165) is 30.9 Å². The van der Waals surface area contributed by atoms with Gasteiger partial charge in [-0.1, -0.05) is 12.1 Å². The van der Waals surface area contributed by atoms with Gasteiger partial charge in [0, 0.05) is 37.1 Å². The van der Waals surface area contributed by atoms with Crippen LogP contribution in [0.5, 0.6) is 0 Å². The third kappa shape index (κ3) is 4.28. The number of hydrogen-bond donors (Lipinski definition) is 2. The van der Waals surface area contributed by atoms with Crippen molar-refractivity contribution in [3.8, 4) is 0 Å². The smallest absolute Gasteiger partial charge is 0.129 e. The van der Waals surface area contributed by atoms with E-state index in [1.807, 2.05) is 30.6 Å². The lowest BCUT2D eigenvalue weighted by Gasteiger charge is -2.13. The van der Waals surface area contributed by atoms with Gasteiger partial charge in [-0.05, 0) is 56.0 Å². The maximum Gasteiger partial charge on any atom is 0.129 e. The van der Waals surface area contributed by atoms with E-state index in [9.17, 15) is 0 Å². The number of aromatic nitrogens is 2. The molecule has 0 bridgehead atoms. The normalized spacial score (nSPS) is 17.5. The van der Waals surface area contributed by atoms with Crippen molar-refractivity contribution in [2.45, 2.75) is 38.1 Å². The van der Waals surface area contributed by atoms with Crippen molar-refractivity contribution in [2.75, 3.05) is 18.4 Å². The summed E-state index contributed by atoms with van der Waals surface area (Å²) >= 11 is 0. The number of pyridine rings is 2. The molecule has 1 saturated heterocycles. The minimum Gasteiger partial charge on any atom is -0.369 e. The Balaban J connectivity index is 1.51. The minimum atomic E-state index is 0.682. The molecule has 3 heterocycles. The number of aryl methyl sites for hydroxylation is 1. The third-order valence-electron chi connectivity index (χ3n) is 4.22. The van der Waals surface area contributed by atoms with E-state index in [1.165, 1.54) is 31.4 Å². The van der Waals surface area contributed by atoms with Gasteiger partial charge >= 0.3 is 0 Å². The summed E-state index contributed by atoms with van der Waals surface area (Å²) in [6, 6.07) is 10.9. The first-order valence-corrected chi connectivity index (χ1v) is 8.23. The van der Waals surface area contributed by atoms with Crippen LogP contribution in [0.1, 0.15) is 30.5 Å². The molecule has 0 aromatic carbocycles. The molecule has 4 heteroatoms. The summed E-state index contributed by atoms with van der Waals surface area (Å²) in [5.74, 6) is 1.02. The lowest BCUT2D eigenvalue weighted by atomic mass is 10.0. The first-order valence-electron chi connectivity index (χ1n) is 8.23. The van der Waals surface area contributed by atoms with E-state index in [4.69, 9.17) is 0 Å². The Morgan fingerprint density at radius 3 is 2.86 bits per heavy atom. The fourth-order valence-electron chi connectivity index (χ4n) is 2.99. The van der Waals surface area contributed by atoms with E-state index in [2.05, 4.69) is 32.7 Å². The van der Waals surface area contributed by atoms with Crippen LogP contribution >= 0.6 is 0 Å². The number of nitrogens with one attached hydrogen (secondary N) is 2. The average Bonchev–Trinajstić information content (AvgIpc) is 3.08. The highest BCUT2D eigenvalue weighted by Gasteiger charge is 2.14. The Hall–Kier alpha value is -1.94. The number of hydrogen-bond acceptors (Lipinski definition) is 4.